The Morgan fingerprint density at radius 2 is 1.84 bits per heavy atom. The first-order valence-corrected chi connectivity index (χ1v) is 7.66. The first-order chi connectivity index (χ1) is 8.71. The predicted octanol–water partition coefficient (Wildman–Crippen LogP) is 5.15. The zero-order valence-electron chi connectivity index (χ0n) is 12.5. The lowest BCUT2D eigenvalue weighted by Crippen LogP contribution is -2.24. The van der Waals surface area contributed by atoms with Crippen LogP contribution in [0.4, 0.5) is 5.69 Å². The maximum Gasteiger partial charge on any atom is 0.224 e. The van der Waals surface area contributed by atoms with Crippen molar-refractivity contribution in [3.8, 4) is 0 Å². The van der Waals surface area contributed by atoms with Crippen LogP contribution in [0.2, 0.25) is 0 Å². The fourth-order valence-electron chi connectivity index (χ4n) is 1.74. The molecule has 19 heavy (non-hydrogen) atoms. The molecule has 0 fully saturated rings. The minimum Gasteiger partial charge on any atom is -0.326 e. The summed E-state index contributed by atoms with van der Waals surface area (Å²) < 4.78 is 0. The van der Waals surface area contributed by atoms with Gasteiger partial charge in [-0.15, -0.1) is 0 Å². The van der Waals surface area contributed by atoms with Gasteiger partial charge in [-0.1, -0.05) is 61.8 Å². The molecule has 0 aliphatic rings. The van der Waals surface area contributed by atoms with Gasteiger partial charge in [0, 0.05) is 16.9 Å². The third-order valence-electron chi connectivity index (χ3n) is 3.63. The van der Waals surface area contributed by atoms with Crippen molar-refractivity contribution in [1.82, 2.24) is 0 Å². The number of hydrogen-bond donors (Lipinski definition) is 1. The van der Waals surface area contributed by atoms with Crippen molar-refractivity contribution < 1.29 is 4.79 Å². The maximum atomic E-state index is 12.1. The third kappa shape index (κ3) is 4.98. The Labute approximate surface area is 125 Å². The Morgan fingerprint density at radius 3 is 2.37 bits per heavy atom. The Bertz CT molecular complexity index is 435. The van der Waals surface area contributed by atoms with Crippen molar-refractivity contribution in [2.75, 3.05) is 5.32 Å². The average Bonchev–Trinajstić information content (AvgIpc) is 2.27. The highest BCUT2D eigenvalue weighted by Crippen LogP contribution is 2.31. The van der Waals surface area contributed by atoms with E-state index in [-0.39, 0.29) is 16.1 Å². The summed E-state index contributed by atoms with van der Waals surface area (Å²) in [6.07, 6.45) is 0.550. The Morgan fingerprint density at radius 1 is 1.26 bits per heavy atom. The number of alkyl halides is 1. The molecule has 1 N–H and O–H groups in total. The molecule has 0 bridgehead atoms. The maximum absolute atomic E-state index is 12.1. The second kappa shape index (κ2) is 6.56. The number of nitrogens with one attached hydrogen (secondary N) is 1. The van der Waals surface area contributed by atoms with Gasteiger partial charge < -0.3 is 5.32 Å². The summed E-state index contributed by atoms with van der Waals surface area (Å²) in [6.45, 7) is 10.7. The predicted molar refractivity (Wildman–Crippen MR) is 85.6 cm³/mol. The summed E-state index contributed by atoms with van der Waals surface area (Å²) in [5, 5.41) is 3.03. The lowest BCUT2D eigenvalue weighted by Gasteiger charge is -2.26. The van der Waals surface area contributed by atoms with Crippen molar-refractivity contribution in [2.45, 2.75) is 45.9 Å². The summed E-state index contributed by atoms with van der Waals surface area (Å²) in [4.78, 5) is 12.3. The van der Waals surface area contributed by atoms with Crippen LogP contribution < -0.4 is 5.32 Å². The smallest absolute Gasteiger partial charge is 0.224 e. The molecule has 0 saturated heterocycles. The number of halogens is 1. The van der Waals surface area contributed by atoms with E-state index < -0.39 is 0 Å². The molecule has 106 valence electrons. The minimum atomic E-state index is 0.0861. The largest absolute Gasteiger partial charge is 0.326 e. The molecular weight excluding hydrogens is 302 g/mol. The molecule has 2 unspecified atom stereocenters. The van der Waals surface area contributed by atoms with Gasteiger partial charge in [-0.2, -0.15) is 0 Å². The lowest BCUT2D eigenvalue weighted by molar-refractivity contribution is -0.117. The molecule has 1 rings (SSSR count). The van der Waals surface area contributed by atoms with Crippen LogP contribution in [0.25, 0.3) is 0 Å². The molecule has 0 aliphatic heterocycles. The quantitative estimate of drug-likeness (QED) is 0.761. The first kappa shape index (κ1) is 16.2. The van der Waals surface area contributed by atoms with Gasteiger partial charge in [-0.05, 0) is 29.9 Å². The summed E-state index contributed by atoms with van der Waals surface area (Å²) in [7, 11) is 0. The first-order valence-electron chi connectivity index (χ1n) is 6.74. The van der Waals surface area contributed by atoms with E-state index in [2.05, 4.69) is 55.9 Å². The van der Waals surface area contributed by atoms with Crippen LogP contribution in [0, 0.1) is 11.3 Å². The van der Waals surface area contributed by atoms with Crippen molar-refractivity contribution >= 4 is 27.5 Å². The van der Waals surface area contributed by atoms with Crippen molar-refractivity contribution in [3.63, 3.8) is 0 Å². The standard InChI is InChI=1S/C16H24BrNO/c1-11(16(3,4)5)10-15(19)18-14-9-7-6-8-13(14)12(2)17/h6-9,11-12H,10H2,1-5H3,(H,18,19). The number of amides is 1. The molecule has 1 amide bonds. The normalized spacial score (nSPS) is 14.8. The average molecular weight is 326 g/mol. The van der Waals surface area contributed by atoms with Gasteiger partial charge in [-0.25, -0.2) is 0 Å². The summed E-state index contributed by atoms with van der Waals surface area (Å²) in [6, 6.07) is 7.91. The summed E-state index contributed by atoms with van der Waals surface area (Å²) in [5.74, 6) is 0.434. The number of anilines is 1. The van der Waals surface area contributed by atoms with Crippen LogP contribution in [0.1, 0.15) is 51.4 Å². The van der Waals surface area contributed by atoms with Crippen molar-refractivity contribution in [1.29, 1.82) is 0 Å². The van der Waals surface area contributed by atoms with Crippen LogP contribution in [-0.2, 0) is 4.79 Å². The number of rotatable bonds is 4. The fourth-order valence-corrected chi connectivity index (χ4v) is 2.14. The van der Waals surface area contributed by atoms with E-state index in [0.717, 1.165) is 11.3 Å². The van der Waals surface area contributed by atoms with E-state index in [9.17, 15) is 4.79 Å². The van der Waals surface area contributed by atoms with Crippen LogP contribution >= 0.6 is 15.9 Å². The molecule has 0 radical (unpaired) electrons. The fraction of sp³-hybridized carbons (Fsp3) is 0.562. The second-order valence-corrected chi connectivity index (χ2v) is 7.60. The molecule has 3 heteroatoms. The van der Waals surface area contributed by atoms with Crippen LogP contribution in [-0.4, -0.2) is 5.91 Å². The van der Waals surface area contributed by atoms with Crippen molar-refractivity contribution in [3.05, 3.63) is 29.8 Å². The number of benzene rings is 1. The molecule has 1 aromatic rings. The molecule has 0 spiro atoms. The third-order valence-corrected chi connectivity index (χ3v) is 4.13. The SMILES string of the molecule is CC(Br)c1ccccc1NC(=O)CC(C)C(C)(C)C. The zero-order valence-corrected chi connectivity index (χ0v) is 14.0. The van der Waals surface area contributed by atoms with Crippen LogP contribution in [0.15, 0.2) is 24.3 Å². The Hall–Kier alpha value is -0.830. The van der Waals surface area contributed by atoms with E-state index in [1.807, 2.05) is 24.3 Å². The molecule has 1 aromatic carbocycles. The number of carbonyl (C=O) groups excluding carboxylic acids is 1. The highest BCUT2D eigenvalue weighted by molar-refractivity contribution is 9.09. The van der Waals surface area contributed by atoms with Gasteiger partial charge in [0.05, 0.1) is 0 Å². The van der Waals surface area contributed by atoms with Gasteiger partial charge in [0.25, 0.3) is 0 Å². The van der Waals surface area contributed by atoms with Gasteiger partial charge in [0.2, 0.25) is 5.91 Å². The van der Waals surface area contributed by atoms with Gasteiger partial charge >= 0.3 is 0 Å². The highest BCUT2D eigenvalue weighted by atomic mass is 79.9. The van der Waals surface area contributed by atoms with Crippen molar-refractivity contribution in [2.24, 2.45) is 11.3 Å². The van der Waals surface area contributed by atoms with E-state index in [4.69, 9.17) is 0 Å². The molecule has 2 nitrogen and oxygen atoms in total. The monoisotopic (exact) mass is 325 g/mol. The topological polar surface area (TPSA) is 29.1 Å². The molecular formula is C16H24BrNO. The van der Waals surface area contributed by atoms with E-state index >= 15 is 0 Å². The van der Waals surface area contributed by atoms with Crippen LogP contribution in [0.3, 0.4) is 0 Å². The van der Waals surface area contributed by atoms with E-state index in [1.165, 1.54) is 0 Å². The molecule has 0 aromatic heterocycles. The highest BCUT2D eigenvalue weighted by Gasteiger charge is 2.23. The lowest BCUT2D eigenvalue weighted by atomic mass is 9.80. The number of para-hydroxylation sites is 1. The van der Waals surface area contributed by atoms with Gasteiger partial charge in [0.15, 0.2) is 0 Å². The zero-order chi connectivity index (χ0) is 14.6. The molecule has 0 saturated carbocycles. The van der Waals surface area contributed by atoms with Crippen LogP contribution in [0.5, 0.6) is 0 Å². The van der Waals surface area contributed by atoms with E-state index in [1.54, 1.807) is 0 Å². The summed E-state index contributed by atoms with van der Waals surface area (Å²) in [5.41, 5.74) is 2.16. The Kier molecular flexibility index (Phi) is 5.60. The van der Waals surface area contributed by atoms with E-state index in [0.29, 0.717) is 12.3 Å². The minimum absolute atomic E-state index is 0.0861. The van der Waals surface area contributed by atoms with Gasteiger partial charge in [-0.3, -0.25) is 4.79 Å². The Balaban J connectivity index is 2.73. The molecule has 0 heterocycles. The molecule has 0 aliphatic carbocycles. The van der Waals surface area contributed by atoms with Gasteiger partial charge in [0.1, 0.15) is 0 Å². The summed E-state index contributed by atoms with van der Waals surface area (Å²) >= 11 is 3.55. The number of hydrogen-bond acceptors (Lipinski definition) is 1. The second-order valence-electron chi connectivity index (χ2n) is 6.22. The number of carbonyl (C=O) groups is 1. The molecule has 2 atom stereocenters.